The molecule has 0 spiro atoms. The van der Waals surface area contributed by atoms with Gasteiger partial charge >= 0.3 is 0 Å². The predicted octanol–water partition coefficient (Wildman–Crippen LogP) is 3.47. The molecule has 0 radical (unpaired) electrons. The minimum Gasteiger partial charge on any atom is -0.755 e. The summed E-state index contributed by atoms with van der Waals surface area (Å²) in [7, 11) is 0. The molecular formula is C16H18FN2O2S-. The molecule has 2 aromatic carbocycles. The molecule has 22 heavy (non-hydrogen) atoms. The fraction of sp³-hybridized carbons (Fsp3) is 0.250. The molecule has 0 aromatic heterocycles. The van der Waals surface area contributed by atoms with Crippen molar-refractivity contribution in [2.24, 2.45) is 0 Å². The second kappa shape index (κ2) is 8.51. The smallest absolute Gasteiger partial charge is 0.123 e. The van der Waals surface area contributed by atoms with E-state index in [0.717, 1.165) is 37.1 Å². The maximum atomic E-state index is 12.8. The van der Waals surface area contributed by atoms with Crippen LogP contribution in [0, 0.1) is 5.82 Å². The Morgan fingerprint density at radius 2 is 1.59 bits per heavy atom. The number of nitrogens with one attached hydrogen (secondary N) is 2. The van der Waals surface area contributed by atoms with E-state index in [1.54, 1.807) is 12.1 Å². The predicted molar refractivity (Wildman–Crippen MR) is 86.8 cm³/mol. The van der Waals surface area contributed by atoms with Crippen LogP contribution < -0.4 is 10.0 Å². The molecule has 2 aromatic rings. The zero-order valence-corrected chi connectivity index (χ0v) is 12.9. The van der Waals surface area contributed by atoms with Crippen LogP contribution >= 0.6 is 0 Å². The normalized spacial score (nSPS) is 11.9. The van der Waals surface area contributed by atoms with E-state index in [9.17, 15) is 13.2 Å². The van der Waals surface area contributed by atoms with E-state index < -0.39 is 11.3 Å². The van der Waals surface area contributed by atoms with E-state index in [0.29, 0.717) is 5.69 Å². The number of hydrogen-bond donors (Lipinski definition) is 2. The molecule has 2 N–H and O–H groups in total. The highest BCUT2D eigenvalue weighted by Crippen LogP contribution is 2.14. The average molecular weight is 321 g/mol. The highest BCUT2D eigenvalue weighted by molar-refractivity contribution is 7.80. The van der Waals surface area contributed by atoms with Gasteiger partial charge in [-0.25, -0.2) is 4.39 Å². The number of rotatable bonds is 8. The summed E-state index contributed by atoms with van der Waals surface area (Å²) in [6.07, 6.45) is 2.95. The fourth-order valence-electron chi connectivity index (χ4n) is 2.09. The van der Waals surface area contributed by atoms with E-state index in [2.05, 4.69) is 10.0 Å². The zero-order valence-electron chi connectivity index (χ0n) is 12.0. The first-order valence-corrected chi connectivity index (χ1v) is 8.15. The summed E-state index contributed by atoms with van der Waals surface area (Å²) in [5.41, 5.74) is 2.63. The molecule has 0 fully saturated rings. The molecule has 4 nitrogen and oxygen atoms in total. The molecule has 6 heteroatoms. The summed E-state index contributed by atoms with van der Waals surface area (Å²) in [4.78, 5) is 0. The maximum absolute atomic E-state index is 12.8. The standard InChI is InChI=1S/C16H19FN2O2S/c17-14-6-4-13(5-7-14)3-1-2-12-18-15-8-10-16(11-9-15)19-22(20)21/h4-11,18-19H,1-3,12H2,(H,20,21)/p-1. The van der Waals surface area contributed by atoms with Crippen molar-refractivity contribution in [2.75, 3.05) is 16.6 Å². The van der Waals surface area contributed by atoms with Gasteiger partial charge in [0.25, 0.3) is 0 Å². The molecule has 0 saturated heterocycles. The summed E-state index contributed by atoms with van der Waals surface area (Å²) in [6, 6.07) is 13.7. The van der Waals surface area contributed by atoms with Gasteiger partial charge in [-0.3, -0.25) is 4.21 Å². The first-order valence-electron chi connectivity index (χ1n) is 7.08. The van der Waals surface area contributed by atoms with Crippen molar-refractivity contribution in [3.63, 3.8) is 0 Å². The molecule has 0 aliphatic heterocycles. The van der Waals surface area contributed by atoms with Crippen LogP contribution in [0.2, 0.25) is 0 Å². The Kier molecular flexibility index (Phi) is 6.36. The van der Waals surface area contributed by atoms with E-state index in [1.807, 2.05) is 24.3 Å². The van der Waals surface area contributed by atoms with Gasteiger partial charge in [0, 0.05) is 29.2 Å². The van der Waals surface area contributed by atoms with Crippen LogP contribution in [0.5, 0.6) is 0 Å². The molecule has 0 aliphatic rings. The monoisotopic (exact) mass is 321 g/mol. The summed E-state index contributed by atoms with van der Waals surface area (Å²) in [5.74, 6) is -0.204. The van der Waals surface area contributed by atoms with Gasteiger partial charge in [-0.1, -0.05) is 12.1 Å². The van der Waals surface area contributed by atoms with Crippen LogP contribution in [0.15, 0.2) is 48.5 Å². The van der Waals surface area contributed by atoms with Crippen molar-refractivity contribution in [2.45, 2.75) is 19.3 Å². The maximum Gasteiger partial charge on any atom is 0.123 e. The Morgan fingerprint density at radius 1 is 0.955 bits per heavy atom. The number of unbranched alkanes of at least 4 members (excludes halogenated alkanes) is 1. The molecule has 0 amide bonds. The molecule has 1 atom stereocenters. The van der Waals surface area contributed by atoms with Crippen LogP contribution in [-0.4, -0.2) is 15.3 Å². The van der Waals surface area contributed by atoms with Crippen molar-refractivity contribution in [1.29, 1.82) is 0 Å². The summed E-state index contributed by atoms with van der Waals surface area (Å²) < 4.78 is 36.0. The molecule has 1 unspecified atom stereocenters. The Bertz CT molecular complexity index is 603. The van der Waals surface area contributed by atoms with Crippen LogP contribution in [-0.2, 0) is 17.7 Å². The quantitative estimate of drug-likeness (QED) is 0.578. The molecule has 118 valence electrons. The van der Waals surface area contributed by atoms with Crippen molar-refractivity contribution < 1.29 is 13.2 Å². The molecule has 0 heterocycles. The first-order chi connectivity index (χ1) is 10.6. The van der Waals surface area contributed by atoms with Crippen molar-refractivity contribution in [1.82, 2.24) is 0 Å². The zero-order chi connectivity index (χ0) is 15.8. The van der Waals surface area contributed by atoms with Crippen molar-refractivity contribution >= 4 is 22.6 Å². The topological polar surface area (TPSA) is 64.2 Å². The van der Waals surface area contributed by atoms with E-state index in [-0.39, 0.29) is 5.82 Å². The molecule has 2 rings (SSSR count). The lowest BCUT2D eigenvalue weighted by atomic mass is 10.1. The average Bonchev–Trinajstić information content (AvgIpc) is 2.50. The number of hydrogen-bond acceptors (Lipinski definition) is 3. The Labute approximate surface area is 132 Å². The second-order valence-corrected chi connectivity index (χ2v) is 5.60. The van der Waals surface area contributed by atoms with Gasteiger partial charge < -0.3 is 14.6 Å². The SMILES string of the molecule is O=S([O-])Nc1ccc(NCCCCc2ccc(F)cc2)cc1. The van der Waals surface area contributed by atoms with Crippen molar-refractivity contribution in [3.8, 4) is 0 Å². The van der Waals surface area contributed by atoms with Gasteiger partial charge in [0.05, 0.1) is 0 Å². The van der Waals surface area contributed by atoms with Crippen LogP contribution in [0.3, 0.4) is 0 Å². The minimum atomic E-state index is -2.29. The van der Waals surface area contributed by atoms with E-state index in [1.165, 1.54) is 12.1 Å². The van der Waals surface area contributed by atoms with Gasteiger partial charge in [-0.2, -0.15) is 0 Å². The van der Waals surface area contributed by atoms with E-state index >= 15 is 0 Å². The van der Waals surface area contributed by atoms with Crippen LogP contribution in [0.1, 0.15) is 18.4 Å². The third-order valence-corrected chi connectivity index (χ3v) is 3.62. The molecule has 0 saturated carbocycles. The largest absolute Gasteiger partial charge is 0.755 e. The lowest BCUT2D eigenvalue weighted by Crippen LogP contribution is -2.04. The summed E-state index contributed by atoms with van der Waals surface area (Å²) in [6.45, 7) is 0.835. The highest BCUT2D eigenvalue weighted by Gasteiger charge is 1.96. The second-order valence-electron chi connectivity index (χ2n) is 4.92. The number of aryl methyl sites for hydroxylation is 1. The third kappa shape index (κ3) is 5.83. The molecular weight excluding hydrogens is 303 g/mol. The fourth-order valence-corrected chi connectivity index (χ4v) is 2.42. The Morgan fingerprint density at radius 3 is 2.23 bits per heavy atom. The first kappa shape index (κ1) is 16.5. The van der Waals surface area contributed by atoms with Crippen LogP contribution in [0.4, 0.5) is 15.8 Å². The number of anilines is 2. The lowest BCUT2D eigenvalue weighted by molar-refractivity contribution is 0.542. The Balaban J connectivity index is 1.66. The van der Waals surface area contributed by atoms with Gasteiger partial charge in [0.15, 0.2) is 0 Å². The number of halogens is 1. The lowest BCUT2D eigenvalue weighted by Gasteiger charge is -2.10. The number of benzene rings is 2. The van der Waals surface area contributed by atoms with Crippen LogP contribution in [0.25, 0.3) is 0 Å². The van der Waals surface area contributed by atoms with Gasteiger partial charge in [-0.05, 0) is 61.2 Å². The van der Waals surface area contributed by atoms with Crippen molar-refractivity contribution in [3.05, 3.63) is 59.9 Å². The van der Waals surface area contributed by atoms with E-state index in [4.69, 9.17) is 0 Å². The third-order valence-electron chi connectivity index (χ3n) is 3.22. The minimum absolute atomic E-state index is 0.204. The molecule has 0 aliphatic carbocycles. The Hall–Kier alpha value is -1.92. The molecule has 0 bridgehead atoms. The van der Waals surface area contributed by atoms with Gasteiger partial charge in [0.2, 0.25) is 0 Å². The summed E-state index contributed by atoms with van der Waals surface area (Å²) >= 11 is -2.29. The highest BCUT2D eigenvalue weighted by atomic mass is 32.2. The summed E-state index contributed by atoms with van der Waals surface area (Å²) in [5, 5.41) is 3.28. The van der Waals surface area contributed by atoms with Gasteiger partial charge in [-0.15, -0.1) is 0 Å². The van der Waals surface area contributed by atoms with Gasteiger partial charge in [0.1, 0.15) is 5.82 Å².